The number of nitrogens with one attached hydrogen (secondary N) is 1. The third-order valence-electron chi connectivity index (χ3n) is 2.71. The van der Waals surface area contributed by atoms with Crippen LogP contribution in [-0.4, -0.2) is 16.1 Å². The molecule has 19 heavy (non-hydrogen) atoms. The van der Waals surface area contributed by atoms with Crippen LogP contribution in [0, 0.1) is 6.92 Å². The summed E-state index contributed by atoms with van der Waals surface area (Å²) >= 11 is 0. The van der Waals surface area contributed by atoms with Crippen LogP contribution in [0.5, 0.6) is 11.5 Å². The van der Waals surface area contributed by atoms with Crippen LogP contribution >= 0.6 is 0 Å². The lowest BCUT2D eigenvalue weighted by Gasteiger charge is -2.10. The molecule has 0 unspecified atom stereocenters. The average Bonchev–Trinajstić information content (AvgIpc) is 2.36. The number of anilines is 2. The predicted molar refractivity (Wildman–Crippen MR) is 73.3 cm³/mol. The molecule has 98 valence electrons. The first-order chi connectivity index (χ1) is 8.99. The number of benzene rings is 2. The van der Waals surface area contributed by atoms with Crippen molar-refractivity contribution in [1.29, 1.82) is 0 Å². The van der Waals surface area contributed by atoms with E-state index in [1.54, 1.807) is 12.1 Å². The summed E-state index contributed by atoms with van der Waals surface area (Å²) in [6, 6.07) is 9.41. The molecule has 0 saturated heterocycles. The highest BCUT2D eigenvalue weighted by Crippen LogP contribution is 2.29. The van der Waals surface area contributed by atoms with Crippen LogP contribution in [0.4, 0.5) is 11.4 Å². The molecule has 0 aromatic heterocycles. The van der Waals surface area contributed by atoms with Crippen LogP contribution in [-0.2, 0) is 0 Å². The molecule has 0 radical (unpaired) electrons. The molecule has 5 nitrogen and oxygen atoms in total. The minimum Gasteiger partial charge on any atom is -0.504 e. The van der Waals surface area contributed by atoms with Crippen LogP contribution in [0.25, 0.3) is 0 Å². The van der Waals surface area contributed by atoms with Gasteiger partial charge in [-0.15, -0.1) is 0 Å². The number of phenolic OH excluding ortho intramolecular Hbond substituents is 2. The third-order valence-corrected chi connectivity index (χ3v) is 2.71. The predicted octanol–water partition coefficient (Wildman–Crippen LogP) is 2.24. The van der Waals surface area contributed by atoms with Gasteiger partial charge in [-0.25, -0.2) is 0 Å². The topological polar surface area (TPSA) is 95.6 Å². The fourth-order valence-electron chi connectivity index (χ4n) is 1.70. The highest BCUT2D eigenvalue weighted by atomic mass is 16.3. The molecule has 0 heterocycles. The number of amides is 1. The van der Waals surface area contributed by atoms with Gasteiger partial charge in [0, 0.05) is 0 Å². The van der Waals surface area contributed by atoms with E-state index in [4.69, 9.17) is 5.73 Å². The van der Waals surface area contributed by atoms with Gasteiger partial charge in [0.05, 0.1) is 16.9 Å². The molecule has 5 heteroatoms. The maximum atomic E-state index is 12.0. The van der Waals surface area contributed by atoms with E-state index in [1.807, 2.05) is 13.0 Å². The number of hydrogen-bond donors (Lipinski definition) is 4. The van der Waals surface area contributed by atoms with Crippen LogP contribution < -0.4 is 11.1 Å². The summed E-state index contributed by atoms with van der Waals surface area (Å²) in [5, 5.41) is 21.6. The lowest BCUT2D eigenvalue weighted by molar-refractivity contribution is 0.102. The normalized spacial score (nSPS) is 10.2. The molecule has 0 fully saturated rings. The molecule has 0 bridgehead atoms. The molecule has 1 amide bonds. The van der Waals surface area contributed by atoms with E-state index in [-0.39, 0.29) is 11.3 Å². The summed E-state index contributed by atoms with van der Waals surface area (Å²) in [5.74, 6) is -1.33. The van der Waals surface area contributed by atoms with Gasteiger partial charge in [-0.2, -0.15) is 0 Å². The molecule has 5 N–H and O–H groups in total. The zero-order chi connectivity index (χ0) is 14.0. The van der Waals surface area contributed by atoms with Crippen molar-refractivity contribution in [3.63, 3.8) is 0 Å². The summed E-state index contributed by atoms with van der Waals surface area (Å²) in [7, 11) is 0. The summed E-state index contributed by atoms with van der Waals surface area (Å²) in [4.78, 5) is 12.0. The molecule has 0 atom stereocenters. The van der Waals surface area contributed by atoms with Crippen LogP contribution in [0.2, 0.25) is 0 Å². The number of aryl methyl sites for hydroxylation is 1. The van der Waals surface area contributed by atoms with Gasteiger partial charge in [-0.1, -0.05) is 12.1 Å². The Bertz CT molecular complexity index is 639. The molecule has 0 aliphatic rings. The summed E-state index contributed by atoms with van der Waals surface area (Å²) in [6.07, 6.45) is 0. The number of para-hydroxylation sites is 1. The van der Waals surface area contributed by atoms with Crippen LogP contribution in [0.3, 0.4) is 0 Å². The van der Waals surface area contributed by atoms with Gasteiger partial charge in [0.25, 0.3) is 5.91 Å². The van der Waals surface area contributed by atoms with Crippen molar-refractivity contribution in [3.8, 4) is 11.5 Å². The van der Waals surface area contributed by atoms with Gasteiger partial charge in [0.1, 0.15) is 0 Å². The number of phenols is 2. The first-order valence-corrected chi connectivity index (χ1v) is 5.67. The van der Waals surface area contributed by atoms with Crippen molar-refractivity contribution in [2.24, 2.45) is 0 Å². The zero-order valence-corrected chi connectivity index (χ0v) is 10.3. The number of carbonyl (C=O) groups is 1. The minimum absolute atomic E-state index is 0.0139. The summed E-state index contributed by atoms with van der Waals surface area (Å²) in [5.41, 5.74) is 7.65. The second-order valence-corrected chi connectivity index (χ2v) is 4.22. The van der Waals surface area contributed by atoms with Crippen molar-refractivity contribution in [3.05, 3.63) is 47.5 Å². The van der Waals surface area contributed by atoms with E-state index in [0.717, 1.165) is 5.56 Å². The smallest absolute Gasteiger partial charge is 0.259 e. The Kier molecular flexibility index (Phi) is 3.29. The fraction of sp³-hybridized carbons (Fsp3) is 0.0714. The average molecular weight is 258 g/mol. The van der Waals surface area contributed by atoms with E-state index in [9.17, 15) is 15.0 Å². The van der Waals surface area contributed by atoms with Gasteiger partial charge >= 0.3 is 0 Å². The lowest BCUT2D eigenvalue weighted by atomic mass is 10.1. The fourth-order valence-corrected chi connectivity index (χ4v) is 1.70. The summed E-state index contributed by atoms with van der Waals surface area (Å²) in [6.45, 7) is 1.89. The van der Waals surface area contributed by atoms with Gasteiger partial charge in [0.15, 0.2) is 11.5 Å². The quantitative estimate of drug-likeness (QED) is 0.490. The van der Waals surface area contributed by atoms with Gasteiger partial charge in [-0.3, -0.25) is 4.79 Å². The van der Waals surface area contributed by atoms with Crippen molar-refractivity contribution in [2.45, 2.75) is 6.92 Å². The van der Waals surface area contributed by atoms with Gasteiger partial charge in [0.2, 0.25) is 0 Å². The SMILES string of the molecule is Cc1ccc(NC(=O)c2cccc(O)c2O)c(N)c1. The van der Waals surface area contributed by atoms with Crippen LogP contribution in [0.1, 0.15) is 15.9 Å². The first-order valence-electron chi connectivity index (χ1n) is 5.67. The minimum atomic E-state index is -0.538. The van der Waals surface area contributed by atoms with Gasteiger partial charge in [-0.05, 0) is 36.8 Å². The van der Waals surface area contributed by atoms with Crippen molar-refractivity contribution < 1.29 is 15.0 Å². The van der Waals surface area contributed by atoms with Crippen molar-refractivity contribution in [2.75, 3.05) is 11.1 Å². The number of rotatable bonds is 2. The molecular weight excluding hydrogens is 244 g/mol. The van der Waals surface area contributed by atoms with E-state index in [0.29, 0.717) is 11.4 Å². The molecule has 0 aliphatic heterocycles. The molecule has 0 saturated carbocycles. The number of aromatic hydroxyl groups is 2. The Balaban J connectivity index is 2.28. The lowest BCUT2D eigenvalue weighted by Crippen LogP contribution is -2.13. The first kappa shape index (κ1) is 12.8. The number of carbonyl (C=O) groups excluding carboxylic acids is 1. The number of hydrogen-bond acceptors (Lipinski definition) is 4. The highest BCUT2D eigenvalue weighted by molar-refractivity contribution is 6.07. The molecule has 2 aromatic rings. The Hall–Kier alpha value is -2.69. The largest absolute Gasteiger partial charge is 0.504 e. The molecule has 2 aromatic carbocycles. The van der Waals surface area contributed by atoms with Crippen LogP contribution in [0.15, 0.2) is 36.4 Å². The standard InChI is InChI=1S/C14H14N2O3/c1-8-5-6-11(10(15)7-8)16-14(19)9-3-2-4-12(17)13(9)18/h2-7,17-18H,15H2,1H3,(H,16,19). The molecule has 0 aliphatic carbocycles. The molecule has 0 spiro atoms. The zero-order valence-electron chi connectivity index (χ0n) is 10.3. The maximum absolute atomic E-state index is 12.0. The second-order valence-electron chi connectivity index (χ2n) is 4.22. The summed E-state index contributed by atoms with van der Waals surface area (Å²) < 4.78 is 0. The Morgan fingerprint density at radius 2 is 1.95 bits per heavy atom. The molecular formula is C14H14N2O3. The van der Waals surface area contributed by atoms with E-state index < -0.39 is 11.7 Å². The van der Waals surface area contributed by atoms with Crippen molar-refractivity contribution >= 4 is 17.3 Å². The monoisotopic (exact) mass is 258 g/mol. The second kappa shape index (κ2) is 4.89. The molecule has 2 rings (SSSR count). The van der Waals surface area contributed by atoms with Gasteiger partial charge < -0.3 is 21.3 Å². The van der Waals surface area contributed by atoms with E-state index in [1.165, 1.54) is 18.2 Å². The Morgan fingerprint density at radius 1 is 1.21 bits per heavy atom. The maximum Gasteiger partial charge on any atom is 0.259 e. The van der Waals surface area contributed by atoms with Crippen molar-refractivity contribution in [1.82, 2.24) is 0 Å². The third kappa shape index (κ3) is 2.60. The number of nitrogens with two attached hydrogens (primary N) is 1. The van der Waals surface area contributed by atoms with E-state index in [2.05, 4.69) is 5.32 Å². The Morgan fingerprint density at radius 3 is 2.63 bits per heavy atom. The Labute approximate surface area is 110 Å². The highest BCUT2D eigenvalue weighted by Gasteiger charge is 2.14. The number of nitrogen functional groups attached to an aromatic ring is 1. The van der Waals surface area contributed by atoms with E-state index >= 15 is 0 Å².